The van der Waals surface area contributed by atoms with Crippen molar-refractivity contribution in [1.29, 1.82) is 5.26 Å². The van der Waals surface area contributed by atoms with Gasteiger partial charge in [0.25, 0.3) is 0 Å². The number of halogens is 4. The van der Waals surface area contributed by atoms with Crippen molar-refractivity contribution in [2.45, 2.75) is 13.1 Å². The first-order chi connectivity index (χ1) is 8.60. The Morgan fingerprint density at radius 2 is 2.00 bits per heavy atom. The predicted molar refractivity (Wildman–Crippen MR) is 72.0 cm³/mol. The minimum absolute atomic E-state index is 0.186. The van der Waals surface area contributed by atoms with Gasteiger partial charge in [0.1, 0.15) is 0 Å². The van der Waals surface area contributed by atoms with Crippen LogP contribution >= 0.6 is 22.6 Å². The van der Waals surface area contributed by atoms with E-state index in [1.54, 1.807) is 22.6 Å². The van der Waals surface area contributed by atoms with Crippen LogP contribution < -0.4 is 4.72 Å². The zero-order chi connectivity index (χ0) is 14.8. The summed E-state index contributed by atoms with van der Waals surface area (Å²) in [6.45, 7) is 1.36. The zero-order valence-corrected chi connectivity index (χ0v) is 12.5. The highest BCUT2D eigenvalue weighted by Crippen LogP contribution is 2.35. The summed E-state index contributed by atoms with van der Waals surface area (Å²) in [5.41, 5.74) is -1.89. The Bertz CT molecular complexity index is 635. The molecule has 1 aromatic rings. The first-order valence-electron chi connectivity index (χ1n) is 4.92. The Kier molecular flexibility index (Phi) is 4.67. The van der Waals surface area contributed by atoms with Crippen LogP contribution in [0.3, 0.4) is 0 Å². The highest BCUT2D eigenvalue weighted by molar-refractivity contribution is 14.1. The first-order valence-corrected chi connectivity index (χ1v) is 7.65. The van der Waals surface area contributed by atoms with Crippen molar-refractivity contribution >= 4 is 38.3 Å². The third-order valence-corrected chi connectivity index (χ3v) is 4.36. The van der Waals surface area contributed by atoms with Crippen LogP contribution in [0.15, 0.2) is 12.1 Å². The SMILES string of the molecule is CCS(=O)(=O)Nc1cc(C(F)(F)F)c(C#N)cc1I. The number of nitrogens with zero attached hydrogens (tertiary/aromatic N) is 1. The van der Waals surface area contributed by atoms with E-state index in [-0.39, 0.29) is 15.0 Å². The number of hydrogen-bond donors (Lipinski definition) is 1. The molecule has 0 amide bonds. The van der Waals surface area contributed by atoms with E-state index in [9.17, 15) is 21.6 Å². The monoisotopic (exact) mass is 404 g/mol. The third-order valence-electron chi connectivity index (χ3n) is 2.18. The van der Waals surface area contributed by atoms with Gasteiger partial charge in [-0.25, -0.2) is 8.42 Å². The van der Waals surface area contributed by atoms with E-state index in [2.05, 4.69) is 4.72 Å². The van der Waals surface area contributed by atoms with Gasteiger partial charge in [0, 0.05) is 3.57 Å². The summed E-state index contributed by atoms with van der Waals surface area (Å²) in [4.78, 5) is 0. The molecule has 104 valence electrons. The largest absolute Gasteiger partial charge is 0.417 e. The molecule has 1 aromatic carbocycles. The Balaban J connectivity index is 3.42. The molecule has 9 heteroatoms. The lowest BCUT2D eigenvalue weighted by molar-refractivity contribution is -0.137. The van der Waals surface area contributed by atoms with Crippen LogP contribution in [0.5, 0.6) is 0 Å². The molecule has 1 N–H and O–H groups in total. The summed E-state index contributed by atoms with van der Waals surface area (Å²) in [6, 6.07) is 3.07. The maximum atomic E-state index is 12.7. The van der Waals surface area contributed by atoms with Crippen molar-refractivity contribution in [3.8, 4) is 6.07 Å². The summed E-state index contributed by atoms with van der Waals surface area (Å²) in [5.74, 6) is -0.259. The van der Waals surface area contributed by atoms with Crippen molar-refractivity contribution in [3.05, 3.63) is 26.8 Å². The zero-order valence-electron chi connectivity index (χ0n) is 9.55. The van der Waals surface area contributed by atoms with Gasteiger partial charge in [-0.15, -0.1) is 0 Å². The van der Waals surface area contributed by atoms with Crippen LogP contribution in [-0.4, -0.2) is 14.2 Å². The van der Waals surface area contributed by atoms with Crippen LogP contribution in [-0.2, 0) is 16.2 Å². The maximum Gasteiger partial charge on any atom is 0.417 e. The van der Waals surface area contributed by atoms with E-state index >= 15 is 0 Å². The second-order valence-corrected chi connectivity index (χ2v) is 6.67. The Morgan fingerprint density at radius 1 is 1.42 bits per heavy atom. The van der Waals surface area contributed by atoms with Gasteiger partial charge in [-0.3, -0.25) is 4.72 Å². The summed E-state index contributed by atoms with van der Waals surface area (Å²) in [5, 5.41) is 8.68. The van der Waals surface area contributed by atoms with Crippen LogP contribution in [0.4, 0.5) is 18.9 Å². The second kappa shape index (κ2) is 5.54. The van der Waals surface area contributed by atoms with Gasteiger partial charge in [0.15, 0.2) is 0 Å². The molecule has 19 heavy (non-hydrogen) atoms. The Morgan fingerprint density at radius 3 is 2.42 bits per heavy atom. The van der Waals surface area contributed by atoms with Crippen molar-refractivity contribution in [2.24, 2.45) is 0 Å². The third kappa shape index (κ3) is 3.97. The minimum atomic E-state index is -4.72. The number of nitrogens with one attached hydrogen (secondary N) is 1. The molecular formula is C10H8F3IN2O2S. The van der Waals surface area contributed by atoms with Gasteiger partial charge in [-0.1, -0.05) is 0 Å². The molecule has 0 radical (unpaired) electrons. The lowest BCUT2D eigenvalue weighted by Crippen LogP contribution is -2.17. The highest BCUT2D eigenvalue weighted by Gasteiger charge is 2.34. The fourth-order valence-corrected chi connectivity index (χ4v) is 2.65. The predicted octanol–water partition coefficient (Wildman–Crippen LogP) is 2.94. The average Bonchev–Trinajstić information content (AvgIpc) is 2.29. The summed E-state index contributed by atoms with van der Waals surface area (Å²) < 4.78 is 63.2. The molecule has 0 saturated heterocycles. The lowest BCUT2D eigenvalue weighted by atomic mass is 10.1. The normalized spacial score (nSPS) is 12.0. The van der Waals surface area contributed by atoms with E-state index in [1.165, 1.54) is 13.0 Å². The first kappa shape index (κ1) is 16.0. The number of benzene rings is 1. The molecule has 0 heterocycles. The van der Waals surface area contributed by atoms with Gasteiger partial charge in [0.05, 0.1) is 28.6 Å². The van der Waals surface area contributed by atoms with Crippen molar-refractivity contribution in [3.63, 3.8) is 0 Å². The summed E-state index contributed by atoms with van der Waals surface area (Å²) in [6.07, 6.45) is -4.72. The highest BCUT2D eigenvalue weighted by atomic mass is 127. The molecule has 0 aliphatic carbocycles. The van der Waals surface area contributed by atoms with E-state index in [4.69, 9.17) is 5.26 Å². The minimum Gasteiger partial charge on any atom is -0.282 e. The van der Waals surface area contributed by atoms with Gasteiger partial charge in [-0.2, -0.15) is 18.4 Å². The van der Waals surface area contributed by atoms with Crippen molar-refractivity contribution in [1.82, 2.24) is 0 Å². The standard InChI is InChI=1S/C10H8F3IN2O2S/c1-2-19(17,18)16-9-4-7(10(11,12)13)6(5-15)3-8(9)14/h3-4,16H,2H2,1H3. The van der Waals surface area contributed by atoms with Crippen molar-refractivity contribution in [2.75, 3.05) is 10.5 Å². The molecule has 0 unspecified atom stereocenters. The van der Waals surface area contributed by atoms with Gasteiger partial charge in [0.2, 0.25) is 10.0 Å². The molecule has 0 bridgehead atoms. The Hall–Kier alpha value is -1.02. The number of alkyl halides is 3. The van der Waals surface area contributed by atoms with Crippen LogP contribution in [0.2, 0.25) is 0 Å². The number of rotatable bonds is 3. The summed E-state index contributed by atoms with van der Waals surface area (Å²) >= 11 is 1.67. The Labute approximate surface area is 121 Å². The average molecular weight is 404 g/mol. The van der Waals surface area contributed by atoms with Gasteiger partial charge >= 0.3 is 6.18 Å². The topological polar surface area (TPSA) is 70.0 Å². The molecule has 0 fully saturated rings. The van der Waals surface area contributed by atoms with E-state index in [0.29, 0.717) is 6.07 Å². The van der Waals surface area contributed by atoms with Crippen LogP contribution in [0.1, 0.15) is 18.1 Å². The molecule has 0 atom stereocenters. The van der Waals surface area contributed by atoms with E-state index in [0.717, 1.165) is 6.07 Å². The molecule has 0 spiro atoms. The van der Waals surface area contributed by atoms with Crippen molar-refractivity contribution < 1.29 is 21.6 Å². The molecule has 4 nitrogen and oxygen atoms in total. The lowest BCUT2D eigenvalue weighted by Gasteiger charge is -2.13. The van der Waals surface area contributed by atoms with Gasteiger partial charge in [-0.05, 0) is 41.6 Å². The molecule has 1 rings (SSSR count). The molecule has 0 aliphatic rings. The van der Waals surface area contributed by atoms with Gasteiger partial charge < -0.3 is 0 Å². The molecular weight excluding hydrogens is 396 g/mol. The second-order valence-electron chi connectivity index (χ2n) is 3.49. The number of hydrogen-bond acceptors (Lipinski definition) is 3. The van der Waals surface area contributed by atoms with E-state index < -0.39 is 27.3 Å². The molecule has 0 aromatic heterocycles. The number of anilines is 1. The molecule has 0 saturated carbocycles. The number of sulfonamides is 1. The molecule has 0 aliphatic heterocycles. The van der Waals surface area contributed by atoms with Crippen LogP contribution in [0, 0.1) is 14.9 Å². The van der Waals surface area contributed by atoms with E-state index in [1.807, 2.05) is 0 Å². The fraction of sp³-hybridized carbons (Fsp3) is 0.300. The smallest absolute Gasteiger partial charge is 0.282 e. The maximum absolute atomic E-state index is 12.7. The quantitative estimate of drug-likeness (QED) is 0.788. The summed E-state index contributed by atoms with van der Waals surface area (Å²) in [7, 11) is -3.68. The van der Waals surface area contributed by atoms with Crippen LogP contribution in [0.25, 0.3) is 0 Å². The number of nitriles is 1. The fourth-order valence-electron chi connectivity index (χ4n) is 1.22.